The number of carbonyl (C=O) groups excluding carboxylic acids is 1. The number of aromatic nitrogens is 1. The van der Waals surface area contributed by atoms with Crippen molar-refractivity contribution in [1.82, 2.24) is 9.88 Å². The summed E-state index contributed by atoms with van der Waals surface area (Å²) in [6.07, 6.45) is 8.99. The summed E-state index contributed by atoms with van der Waals surface area (Å²) in [5.41, 5.74) is 3.90. The van der Waals surface area contributed by atoms with Crippen molar-refractivity contribution in [2.45, 2.75) is 57.6 Å². The number of carbonyl (C=O) groups is 1. The molecule has 0 unspecified atom stereocenters. The monoisotopic (exact) mass is 448 g/mol. The van der Waals surface area contributed by atoms with Gasteiger partial charge < -0.3 is 23.7 Å². The largest absolute Gasteiger partial charge is 0.493 e. The van der Waals surface area contributed by atoms with Crippen molar-refractivity contribution < 1.29 is 28.5 Å². The molecule has 0 fully saturated rings. The fraction of sp³-hybridized carbons (Fsp3) is 0.667. The van der Waals surface area contributed by atoms with Gasteiger partial charge in [0.05, 0.1) is 25.3 Å². The Hall–Kier alpha value is -2.00. The van der Waals surface area contributed by atoms with Crippen molar-refractivity contribution in [3.05, 3.63) is 35.2 Å². The third-order valence-corrected chi connectivity index (χ3v) is 5.66. The third kappa shape index (κ3) is 8.16. The summed E-state index contributed by atoms with van der Waals surface area (Å²) in [7, 11) is 3.09. The predicted octanol–water partition coefficient (Wildman–Crippen LogP) is 3.45. The van der Waals surface area contributed by atoms with Crippen LogP contribution in [0.2, 0.25) is 0 Å². The minimum Gasteiger partial charge on any atom is -0.493 e. The molecule has 2 aliphatic rings. The molecule has 1 aromatic rings. The lowest BCUT2D eigenvalue weighted by Gasteiger charge is -2.30. The molecule has 32 heavy (non-hydrogen) atoms. The molecule has 1 amide bonds. The van der Waals surface area contributed by atoms with Crippen LogP contribution in [-0.4, -0.2) is 69.6 Å². The van der Waals surface area contributed by atoms with Gasteiger partial charge >= 0.3 is 0 Å². The van der Waals surface area contributed by atoms with Gasteiger partial charge in [-0.1, -0.05) is 11.1 Å². The zero-order chi connectivity index (χ0) is 22.6. The van der Waals surface area contributed by atoms with Gasteiger partial charge in [0.1, 0.15) is 19.3 Å². The second-order valence-corrected chi connectivity index (χ2v) is 8.19. The van der Waals surface area contributed by atoms with E-state index in [1.807, 2.05) is 12.1 Å². The van der Waals surface area contributed by atoms with Gasteiger partial charge in [-0.2, -0.15) is 0 Å². The maximum absolute atomic E-state index is 13.1. The predicted molar refractivity (Wildman–Crippen MR) is 119 cm³/mol. The topological polar surface area (TPSA) is 79.3 Å². The van der Waals surface area contributed by atoms with Crippen molar-refractivity contribution in [3.63, 3.8) is 0 Å². The van der Waals surface area contributed by atoms with E-state index in [0.717, 1.165) is 37.9 Å². The van der Waals surface area contributed by atoms with Gasteiger partial charge in [-0.3, -0.25) is 14.7 Å². The van der Waals surface area contributed by atoms with Crippen molar-refractivity contribution in [2.75, 3.05) is 47.6 Å². The smallest absolute Gasteiger partial charge is 0.232 e. The first-order valence-electron chi connectivity index (χ1n) is 11.5. The average Bonchev–Trinajstić information content (AvgIpc) is 3.54. The number of allylic oxidation sites excluding steroid dienone is 2. The van der Waals surface area contributed by atoms with E-state index in [4.69, 9.17) is 23.7 Å². The van der Waals surface area contributed by atoms with Crippen LogP contribution in [0, 0.1) is 0 Å². The summed E-state index contributed by atoms with van der Waals surface area (Å²) in [6, 6.07) is 3.65. The van der Waals surface area contributed by atoms with Crippen molar-refractivity contribution in [3.8, 4) is 5.75 Å². The van der Waals surface area contributed by atoms with Crippen LogP contribution in [0.4, 0.5) is 0 Å². The summed E-state index contributed by atoms with van der Waals surface area (Å²) < 4.78 is 27.8. The molecule has 1 aromatic heterocycles. The van der Waals surface area contributed by atoms with Gasteiger partial charge in [-0.05, 0) is 51.0 Å². The zero-order valence-electron chi connectivity index (χ0n) is 19.3. The number of hydrogen-bond acceptors (Lipinski definition) is 7. The van der Waals surface area contributed by atoms with Gasteiger partial charge in [0.25, 0.3) is 0 Å². The Labute approximate surface area is 190 Å². The molecule has 1 aliphatic heterocycles. The molecule has 1 atom stereocenters. The number of pyridine rings is 1. The molecule has 1 aliphatic carbocycles. The molecule has 0 aromatic carbocycles. The second-order valence-electron chi connectivity index (χ2n) is 8.19. The van der Waals surface area contributed by atoms with E-state index >= 15 is 0 Å². The van der Waals surface area contributed by atoms with Crippen molar-refractivity contribution in [1.29, 1.82) is 0 Å². The zero-order valence-corrected chi connectivity index (χ0v) is 19.3. The molecule has 0 radical (unpaired) electrons. The number of rotatable bonds is 5. The van der Waals surface area contributed by atoms with Crippen LogP contribution < -0.4 is 4.74 Å². The molecule has 8 nitrogen and oxygen atoms in total. The van der Waals surface area contributed by atoms with Crippen LogP contribution in [0.25, 0.3) is 0 Å². The highest BCUT2D eigenvalue weighted by Gasteiger charge is 2.26. The molecule has 8 heteroatoms. The molecule has 0 saturated heterocycles. The van der Waals surface area contributed by atoms with E-state index in [-0.39, 0.29) is 32.5 Å². The number of nitrogens with zero attached hydrogens (tertiary/aromatic N) is 2. The summed E-state index contributed by atoms with van der Waals surface area (Å²) in [6.45, 7) is 1.69. The first kappa shape index (κ1) is 24.6. The molecule has 0 saturated carbocycles. The lowest BCUT2D eigenvalue weighted by atomic mass is 10.2. The Morgan fingerprint density at radius 1 is 1.06 bits per heavy atom. The van der Waals surface area contributed by atoms with Gasteiger partial charge in [0, 0.05) is 33.1 Å². The molecule has 2 bridgehead atoms. The quantitative estimate of drug-likeness (QED) is 0.504. The molecule has 178 valence electrons. The van der Waals surface area contributed by atoms with Gasteiger partial charge in [0.15, 0.2) is 6.23 Å². The van der Waals surface area contributed by atoms with E-state index in [9.17, 15) is 4.79 Å². The highest BCUT2D eigenvalue weighted by molar-refractivity contribution is 5.78. The normalized spacial score (nSPS) is 21.6. The average molecular weight is 449 g/mol. The van der Waals surface area contributed by atoms with Crippen LogP contribution in [0.15, 0.2) is 29.5 Å². The van der Waals surface area contributed by atoms with E-state index in [1.165, 1.54) is 17.7 Å². The molecule has 3 rings (SSSR count). The maximum atomic E-state index is 13.1. The minimum absolute atomic E-state index is 0.0556. The van der Waals surface area contributed by atoms with Crippen LogP contribution in [0.3, 0.4) is 0 Å². The minimum atomic E-state index is -0.606. The van der Waals surface area contributed by atoms with Crippen LogP contribution >= 0.6 is 0 Å². The Morgan fingerprint density at radius 2 is 1.84 bits per heavy atom. The van der Waals surface area contributed by atoms with Gasteiger partial charge in [0.2, 0.25) is 5.91 Å². The van der Waals surface area contributed by atoms with Crippen LogP contribution in [-0.2, 0) is 30.2 Å². The van der Waals surface area contributed by atoms with Crippen LogP contribution in [0.5, 0.6) is 5.75 Å². The van der Waals surface area contributed by atoms with Crippen molar-refractivity contribution >= 4 is 5.91 Å². The lowest BCUT2D eigenvalue weighted by Crippen LogP contribution is -2.46. The highest BCUT2D eigenvalue weighted by Crippen LogP contribution is 2.38. The third-order valence-electron chi connectivity index (χ3n) is 5.66. The molecular weight excluding hydrogens is 412 g/mol. The summed E-state index contributed by atoms with van der Waals surface area (Å²) in [5.74, 6) is 0.571. The van der Waals surface area contributed by atoms with E-state index in [1.54, 1.807) is 31.6 Å². The SMILES string of the molecule is COCO[C@@H]1COCCCCC2=C(CCCCOc3ccnc(c3)CC(=O)N1COC)C2. The first-order valence-corrected chi connectivity index (χ1v) is 11.5. The second kappa shape index (κ2) is 13.5. The first-order chi connectivity index (χ1) is 15.7. The molecule has 0 N–H and O–H groups in total. The maximum Gasteiger partial charge on any atom is 0.232 e. The molecule has 2 heterocycles. The molecule has 0 spiro atoms. The Balaban J connectivity index is 1.69. The van der Waals surface area contributed by atoms with Gasteiger partial charge in [-0.25, -0.2) is 0 Å². The standard InChI is InChI=1S/C24H36N2O6/c1-28-17-26-23(27)15-21-14-22(9-10-25-21)31-12-6-4-8-20-13-19(20)7-3-5-11-30-16-24(26)32-18-29-2/h9-10,14,24H,3-8,11-13,15-18H2,1-2H3/t24-/m1/s1. The number of amides is 1. The molecular formula is C24H36N2O6. The van der Waals surface area contributed by atoms with Crippen LogP contribution in [0.1, 0.15) is 50.6 Å². The van der Waals surface area contributed by atoms with E-state index in [0.29, 0.717) is 18.9 Å². The fourth-order valence-corrected chi connectivity index (χ4v) is 3.83. The lowest BCUT2D eigenvalue weighted by molar-refractivity contribution is -0.184. The Bertz CT molecular complexity index is 754. The highest BCUT2D eigenvalue weighted by atomic mass is 16.7. The fourth-order valence-electron chi connectivity index (χ4n) is 3.83. The van der Waals surface area contributed by atoms with E-state index < -0.39 is 6.23 Å². The summed E-state index contributed by atoms with van der Waals surface area (Å²) >= 11 is 0. The Kier molecular flexibility index (Phi) is 10.4. The number of fused-ring (bicyclic) bond motifs is 2. The number of ether oxygens (including phenoxy) is 5. The summed E-state index contributed by atoms with van der Waals surface area (Å²) in [4.78, 5) is 18.9. The number of methoxy groups -OCH3 is 2. The Morgan fingerprint density at radius 3 is 2.59 bits per heavy atom. The van der Waals surface area contributed by atoms with E-state index in [2.05, 4.69) is 4.98 Å². The van der Waals surface area contributed by atoms with Crippen molar-refractivity contribution in [2.24, 2.45) is 0 Å². The summed E-state index contributed by atoms with van der Waals surface area (Å²) in [5, 5.41) is 0. The number of hydrogen-bond donors (Lipinski definition) is 0. The van der Waals surface area contributed by atoms with Gasteiger partial charge in [-0.15, -0.1) is 0 Å².